The van der Waals surface area contributed by atoms with Gasteiger partial charge in [-0.3, -0.25) is 0 Å². The van der Waals surface area contributed by atoms with Gasteiger partial charge in [-0.2, -0.15) is 8.78 Å². The third kappa shape index (κ3) is 3.97. The van der Waals surface area contributed by atoms with Crippen LogP contribution in [0.3, 0.4) is 0 Å². The van der Waals surface area contributed by atoms with Crippen LogP contribution in [-0.4, -0.2) is 35.0 Å². The van der Waals surface area contributed by atoms with Gasteiger partial charge in [-0.15, -0.1) is 0 Å². The second-order valence-electron chi connectivity index (χ2n) is 3.67. The van der Waals surface area contributed by atoms with Crippen molar-refractivity contribution in [2.24, 2.45) is 10.9 Å². The summed E-state index contributed by atoms with van der Waals surface area (Å²) in [5.41, 5.74) is 5.82. The molecule has 9 heteroatoms. The highest BCUT2D eigenvalue weighted by Gasteiger charge is 2.41. The molecular formula is C10H11F4N3O2. The molecular weight excluding hydrogens is 270 g/mol. The number of alkyl halides is 4. The molecule has 1 rings (SSSR count). The fraction of sp³-hybridized carbons (Fsp3) is 0.400. The molecule has 3 N–H and O–H groups in total. The summed E-state index contributed by atoms with van der Waals surface area (Å²) in [6.45, 7) is -0.0109. The predicted octanol–water partition coefficient (Wildman–Crippen LogP) is 1.76. The van der Waals surface area contributed by atoms with E-state index in [4.69, 9.17) is 10.9 Å². The van der Waals surface area contributed by atoms with Gasteiger partial charge in [0.15, 0.2) is 12.4 Å². The molecule has 5 nitrogen and oxygen atoms in total. The van der Waals surface area contributed by atoms with E-state index in [2.05, 4.69) is 14.9 Å². The molecule has 0 amide bonds. The van der Waals surface area contributed by atoms with Gasteiger partial charge >= 0.3 is 12.3 Å². The number of aromatic nitrogens is 1. The summed E-state index contributed by atoms with van der Waals surface area (Å²) in [5.74, 6) is -4.87. The molecule has 0 aliphatic rings. The van der Waals surface area contributed by atoms with Crippen LogP contribution < -0.4 is 10.5 Å². The van der Waals surface area contributed by atoms with Crippen LogP contribution in [0.5, 0.6) is 5.88 Å². The molecule has 0 aliphatic carbocycles. The number of oxime groups is 1. The van der Waals surface area contributed by atoms with Crippen molar-refractivity contribution in [1.82, 2.24) is 4.98 Å². The fourth-order valence-corrected chi connectivity index (χ4v) is 1.15. The normalized spacial score (nSPS) is 12.8. The first-order chi connectivity index (χ1) is 8.76. The average Bonchev–Trinajstić information content (AvgIpc) is 2.34. The Morgan fingerprint density at radius 1 is 1.53 bits per heavy atom. The topological polar surface area (TPSA) is 80.7 Å². The lowest BCUT2D eigenvalue weighted by Gasteiger charge is -2.16. The Kier molecular flexibility index (Phi) is 4.52. The zero-order valence-electron chi connectivity index (χ0n) is 9.78. The number of hydrogen-bond donors (Lipinski definition) is 2. The summed E-state index contributed by atoms with van der Waals surface area (Å²) in [6.07, 6.45) is -3.83. The first-order valence-electron chi connectivity index (χ1n) is 5.01. The van der Waals surface area contributed by atoms with Crippen molar-refractivity contribution in [3.63, 3.8) is 0 Å². The van der Waals surface area contributed by atoms with E-state index in [-0.39, 0.29) is 17.3 Å². The van der Waals surface area contributed by atoms with Crippen molar-refractivity contribution >= 4 is 5.84 Å². The number of halogens is 4. The SMILES string of the molecule is Cc1cc(/C(N)=N/O)cc(OCC(F)(F)C(F)F)n1. The van der Waals surface area contributed by atoms with Crippen LogP contribution >= 0.6 is 0 Å². The Balaban J connectivity index is 2.88. The molecule has 0 aliphatic heterocycles. The van der Waals surface area contributed by atoms with Gasteiger partial charge in [0.2, 0.25) is 5.88 Å². The number of nitrogens with two attached hydrogens (primary N) is 1. The largest absolute Gasteiger partial charge is 0.471 e. The molecule has 1 aromatic rings. The first-order valence-corrected chi connectivity index (χ1v) is 5.01. The third-order valence-corrected chi connectivity index (χ3v) is 2.07. The molecule has 1 aromatic heterocycles. The quantitative estimate of drug-likeness (QED) is 0.283. The lowest BCUT2D eigenvalue weighted by Crippen LogP contribution is -2.34. The molecule has 0 fully saturated rings. The molecule has 0 saturated carbocycles. The zero-order valence-corrected chi connectivity index (χ0v) is 9.78. The predicted molar refractivity (Wildman–Crippen MR) is 57.9 cm³/mol. The summed E-state index contributed by atoms with van der Waals surface area (Å²) in [4.78, 5) is 3.72. The minimum atomic E-state index is -4.28. The van der Waals surface area contributed by atoms with Gasteiger partial charge in [0.25, 0.3) is 0 Å². The highest BCUT2D eigenvalue weighted by atomic mass is 19.3. The Labute approximate surface area is 105 Å². The van der Waals surface area contributed by atoms with E-state index >= 15 is 0 Å². The summed E-state index contributed by atoms with van der Waals surface area (Å²) in [7, 11) is 0. The van der Waals surface area contributed by atoms with E-state index in [0.29, 0.717) is 5.69 Å². The zero-order chi connectivity index (χ0) is 14.6. The minimum Gasteiger partial charge on any atom is -0.471 e. The first kappa shape index (κ1) is 15.0. The van der Waals surface area contributed by atoms with Crippen LogP contribution in [-0.2, 0) is 0 Å². The van der Waals surface area contributed by atoms with E-state index < -0.39 is 19.0 Å². The van der Waals surface area contributed by atoms with Gasteiger partial charge < -0.3 is 15.7 Å². The van der Waals surface area contributed by atoms with E-state index in [1.54, 1.807) is 0 Å². The highest BCUT2D eigenvalue weighted by molar-refractivity contribution is 5.97. The third-order valence-electron chi connectivity index (χ3n) is 2.07. The number of nitrogens with zero attached hydrogens (tertiary/aromatic N) is 2. The number of ether oxygens (including phenoxy) is 1. The van der Waals surface area contributed by atoms with Crippen molar-refractivity contribution in [2.45, 2.75) is 19.3 Å². The summed E-state index contributed by atoms with van der Waals surface area (Å²) in [5, 5.41) is 11.2. The maximum Gasteiger partial charge on any atom is 0.340 e. The second kappa shape index (κ2) is 5.72. The minimum absolute atomic E-state index is 0.172. The van der Waals surface area contributed by atoms with Crippen molar-refractivity contribution < 1.29 is 27.5 Å². The lowest BCUT2D eigenvalue weighted by atomic mass is 10.2. The van der Waals surface area contributed by atoms with E-state index in [1.807, 2.05) is 0 Å². The van der Waals surface area contributed by atoms with E-state index in [9.17, 15) is 17.6 Å². The van der Waals surface area contributed by atoms with Crippen LogP contribution in [0.2, 0.25) is 0 Å². The van der Waals surface area contributed by atoms with Crippen molar-refractivity contribution in [3.05, 3.63) is 23.4 Å². The summed E-state index contributed by atoms with van der Waals surface area (Å²) >= 11 is 0. The molecule has 0 bridgehead atoms. The van der Waals surface area contributed by atoms with Gasteiger partial charge in [-0.1, -0.05) is 5.16 Å². The molecule has 0 aromatic carbocycles. The Hall–Kier alpha value is -2.06. The van der Waals surface area contributed by atoms with Gasteiger partial charge in [0, 0.05) is 17.3 Å². The Bertz CT molecular complexity index is 480. The van der Waals surface area contributed by atoms with Gasteiger partial charge in [0.1, 0.15) is 0 Å². The average molecular weight is 281 g/mol. The van der Waals surface area contributed by atoms with Crippen LogP contribution in [0.1, 0.15) is 11.3 Å². The molecule has 0 spiro atoms. The molecule has 1 heterocycles. The number of pyridine rings is 1. The number of amidine groups is 1. The summed E-state index contributed by atoms with van der Waals surface area (Å²) in [6, 6.07) is 2.51. The maximum absolute atomic E-state index is 12.7. The number of hydrogen-bond acceptors (Lipinski definition) is 4. The van der Waals surface area contributed by atoms with Crippen molar-refractivity contribution in [2.75, 3.05) is 6.61 Å². The Morgan fingerprint density at radius 3 is 2.68 bits per heavy atom. The second-order valence-corrected chi connectivity index (χ2v) is 3.67. The molecule has 0 saturated heterocycles. The lowest BCUT2D eigenvalue weighted by molar-refractivity contribution is -0.148. The van der Waals surface area contributed by atoms with Crippen LogP contribution in [0.25, 0.3) is 0 Å². The fourth-order valence-electron chi connectivity index (χ4n) is 1.15. The Morgan fingerprint density at radius 2 is 2.16 bits per heavy atom. The van der Waals surface area contributed by atoms with Crippen LogP contribution in [0, 0.1) is 6.92 Å². The van der Waals surface area contributed by atoms with E-state index in [0.717, 1.165) is 6.07 Å². The molecule has 106 valence electrons. The summed E-state index contributed by atoms with van der Waals surface area (Å²) < 4.78 is 53.7. The number of rotatable bonds is 5. The molecule has 19 heavy (non-hydrogen) atoms. The monoisotopic (exact) mass is 281 g/mol. The maximum atomic E-state index is 12.7. The smallest absolute Gasteiger partial charge is 0.340 e. The van der Waals surface area contributed by atoms with Crippen LogP contribution in [0.4, 0.5) is 17.6 Å². The van der Waals surface area contributed by atoms with E-state index in [1.165, 1.54) is 13.0 Å². The van der Waals surface area contributed by atoms with Gasteiger partial charge in [-0.25, -0.2) is 13.8 Å². The highest BCUT2D eigenvalue weighted by Crippen LogP contribution is 2.24. The van der Waals surface area contributed by atoms with Crippen molar-refractivity contribution in [3.8, 4) is 5.88 Å². The van der Waals surface area contributed by atoms with Gasteiger partial charge in [0.05, 0.1) is 0 Å². The number of aryl methyl sites for hydroxylation is 1. The van der Waals surface area contributed by atoms with Crippen LogP contribution in [0.15, 0.2) is 17.3 Å². The molecule has 0 atom stereocenters. The van der Waals surface area contributed by atoms with Gasteiger partial charge in [-0.05, 0) is 13.0 Å². The standard InChI is InChI=1S/C10H11F4N3O2/c1-5-2-6(8(15)17-18)3-7(16-5)19-4-10(13,14)9(11)12/h2-3,9,18H,4H2,1H3,(H2,15,17). The molecule has 0 unspecified atom stereocenters. The van der Waals surface area contributed by atoms with Crippen molar-refractivity contribution in [1.29, 1.82) is 0 Å². The molecule has 0 radical (unpaired) electrons.